The van der Waals surface area contributed by atoms with E-state index in [0.29, 0.717) is 36.8 Å². The minimum absolute atomic E-state index is 0.0193. The molecule has 0 fully saturated rings. The zero-order valence-corrected chi connectivity index (χ0v) is 31.2. The Hall–Kier alpha value is -6.16. The van der Waals surface area contributed by atoms with E-state index in [9.17, 15) is 40.5 Å². The van der Waals surface area contributed by atoms with Crippen molar-refractivity contribution in [1.29, 1.82) is 0 Å². The summed E-state index contributed by atoms with van der Waals surface area (Å²) in [5.41, 5.74) is 4.19. The average molecular weight is 747 g/mol. The minimum atomic E-state index is -1.06. The Labute approximate surface area is 319 Å². The molecule has 0 bridgehead atoms. The highest BCUT2D eigenvalue weighted by molar-refractivity contribution is 6.04. The van der Waals surface area contributed by atoms with Gasteiger partial charge in [-0.25, -0.2) is 0 Å². The summed E-state index contributed by atoms with van der Waals surface area (Å²) in [6.45, 7) is 7.84. The number of benzene rings is 4. The lowest BCUT2D eigenvalue weighted by Gasteiger charge is -2.38. The summed E-state index contributed by atoms with van der Waals surface area (Å²) in [5, 5.41) is 76.2. The molecule has 55 heavy (non-hydrogen) atoms. The fourth-order valence-electron chi connectivity index (χ4n) is 7.76. The van der Waals surface area contributed by atoms with Crippen molar-refractivity contribution in [3.63, 3.8) is 0 Å². The van der Waals surface area contributed by atoms with E-state index in [1.165, 1.54) is 42.5 Å². The van der Waals surface area contributed by atoms with E-state index in [1.54, 1.807) is 12.1 Å². The van der Waals surface area contributed by atoms with E-state index in [-0.39, 0.29) is 69.0 Å². The maximum atomic E-state index is 15.0. The first-order valence-electron chi connectivity index (χ1n) is 18.3. The molecule has 4 aromatic rings. The van der Waals surface area contributed by atoms with E-state index < -0.39 is 41.1 Å². The Morgan fingerprint density at radius 3 is 2.04 bits per heavy atom. The van der Waals surface area contributed by atoms with Gasteiger partial charge < -0.3 is 40.5 Å². The lowest BCUT2D eigenvalue weighted by Crippen LogP contribution is -2.32. The number of ether oxygens (including phenoxy) is 1. The number of Topliss-reactive ketones (excluding diaryl/α,β-unsaturated/α-hetero) is 2. The highest BCUT2D eigenvalue weighted by Gasteiger charge is 2.45. The zero-order chi connectivity index (χ0) is 39.7. The molecule has 286 valence electrons. The molecule has 4 aromatic carbocycles. The third-order valence-electron chi connectivity index (χ3n) is 10.4. The molecule has 1 aliphatic heterocycles. The Morgan fingerprint density at radius 2 is 1.40 bits per heavy atom. The summed E-state index contributed by atoms with van der Waals surface area (Å²) in [4.78, 5) is 28.9. The van der Waals surface area contributed by atoms with Gasteiger partial charge in [-0.3, -0.25) is 9.59 Å². The summed E-state index contributed by atoms with van der Waals surface area (Å²) < 4.78 is 6.08. The van der Waals surface area contributed by atoms with Crippen LogP contribution in [-0.2, 0) is 6.42 Å². The highest BCUT2D eigenvalue weighted by Crippen LogP contribution is 2.55. The standard InChI is InChI=1S/C45H46O10/c1-23(2)6-5-7-25-16-32(30-13-11-28(46)19-35(30)49)41(44(53)27-10-15-34(48)26(18-27)9-8-24(3)4)33(17-25)42-37(51)22-40-43(45(42)54)38(52)21-39(55-40)31-14-12-29(47)20-36(31)50/h6,8,10-15,17-20,22,32-33,39,41,46-51,54H,5,7,9,16,21H2,1-4H3/t32-,33-,39+,41-/m1/s1. The molecule has 0 amide bonds. The molecule has 0 aromatic heterocycles. The van der Waals surface area contributed by atoms with Crippen LogP contribution in [0.4, 0.5) is 0 Å². The van der Waals surface area contributed by atoms with Gasteiger partial charge in [0.15, 0.2) is 11.6 Å². The van der Waals surface area contributed by atoms with Gasteiger partial charge in [0.25, 0.3) is 0 Å². The van der Waals surface area contributed by atoms with Gasteiger partial charge in [0.2, 0.25) is 0 Å². The topological polar surface area (TPSA) is 185 Å². The third kappa shape index (κ3) is 8.04. The minimum Gasteiger partial charge on any atom is -0.508 e. The van der Waals surface area contributed by atoms with Gasteiger partial charge in [0.05, 0.1) is 6.42 Å². The van der Waals surface area contributed by atoms with Crippen molar-refractivity contribution in [2.45, 2.75) is 77.7 Å². The van der Waals surface area contributed by atoms with Crippen molar-refractivity contribution in [3.8, 4) is 46.0 Å². The van der Waals surface area contributed by atoms with Gasteiger partial charge >= 0.3 is 0 Å². The number of hydrogen-bond acceptors (Lipinski definition) is 10. The molecule has 0 saturated heterocycles. The van der Waals surface area contributed by atoms with Crippen molar-refractivity contribution >= 4 is 11.6 Å². The molecule has 10 nitrogen and oxygen atoms in total. The fourth-order valence-corrected chi connectivity index (χ4v) is 7.76. The quantitative estimate of drug-likeness (QED) is 0.0609. The molecule has 0 saturated carbocycles. The number of allylic oxidation sites excluding steroid dienone is 6. The highest BCUT2D eigenvalue weighted by atomic mass is 16.5. The number of hydrogen-bond donors (Lipinski definition) is 7. The van der Waals surface area contributed by atoms with E-state index in [0.717, 1.165) is 22.8 Å². The summed E-state index contributed by atoms with van der Waals surface area (Å²) in [7, 11) is 0. The SMILES string of the molecule is CC(C)=CCCC1=C[C@@H](c2c(O)cc3c(c2O)C(=O)C[C@@H](c2ccc(O)cc2O)O3)[C@H](C(=O)c2ccc(O)c(CC=C(C)C)c2)[C@@H](c2ccc(O)cc2O)C1. The number of rotatable bonds is 10. The monoisotopic (exact) mass is 746 g/mol. The van der Waals surface area contributed by atoms with Crippen LogP contribution < -0.4 is 4.74 Å². The van der Waals surface area contributed by atoms with Crippen molar-refractivity contribution < 1.29 is 50.1 Å². The number of carbonyl (C=O) groups excluding carboxylic acids is 2. The number of ketones is 2. The molecule has 0 unspecified atom stereocenters. The second kappa shape index (κ2) is 15.7. The molecule has 4 atom stereocenters. The van der Waals surface area contributed by atoms with Gasteiger partial charge in [-0.1, -0.05) is 41.0 Å². The third-order valence-corrected chi connectivity index (χ3v) is 10.4. The average Bonchev–Trinajstić information content (AvgIpc) is 3.10. The van der Waals surface area contributed by atoms with E-state index in [1.807, 2.05) is 39.8 Å². The van der Waals surface area contributed by atoms with Crippen LogP contribution in [0.2, 0.25) is 0 Å². The van der Waals surface area contributed by atoms with E-state index in [4.69, 9.17) is 4.74 Å². The van der Waals surface area contributed by atoms with Crippen molar-refractivity contribution in [2.75, 3.05) is 0 Å². The van der Waals surface area contributed by atoms with Crippen molar-refractivity contribution in [2.24, 2.45) is 5.92 Å². The smallest absolute Gasteiger partial charge is 0.174 e. The summed E-state index contributed by atoms with van der Waals surface area (Å²) in [6.07, 6.45) is 6.55. The molecule has 6 rings (SSSR count). The second-order valence-corrected chi connectivity index (χ2v) is 15.0. The summed E-state index contributed by atoms with van der Waals surface area (Å²) >= 11 is 0. The molecular weight excluding hydrogens is 700 g/mol. The van der Waals surface area contributed by atoms with Crippen LogP contribution >= 0.6 is 0 Å². The van der Waals surface area contributed by atoms with Crippen LogP contribution in [0.3, 0.4) is 0 Å². The first-order valence-corrected chi connectivity index (χ1v) is 18.3. The summed E-state index contributed by atoms with van der Waals surface area (Å²) in [5.74, 6) is -5.66. The Balaban J connectivity index is 1.53. The van der Waals surface area contributed by atoms with Crippen LogP contribution in [0, 0.1) is 5.92 Å². The Morgan fingerprint density at radius 1 is 0.745 bits per heavy atom. The Kier molecular flexibility index (Phi) is 11.0. The maximum absolute atomic E-state index is 15.0. The first-order chi connectivity index (χ1) is 26.1. The lowest BCUT2D eigenvalue weighted by molar-refractivity contribution is 0.0841. The largest absolute Gasteiger partial charge is 0.508 e. The molecule has 0 radical (unpaired) electrons. The number of carbonyl (C=O) groups is 2. The van der Waals surface area contributed by atoms with Gasteiger partial charge in [-0.05, 0) is 101 Å². The number of phenols is 7. The van der Waals surface area contributed by atoms with Crippen LogP contribution in [0.5, 0.6) is 46.0 Å². The van der Waals surface area contributed by atoms with Crippen molar-refractivity contribution in [3.05, 3.63) is 129 Å². The van der Waals surface area contributed by atoms with E-state index >= 15 is 4.79 Å². The first kappa shape index (κ1) is 38.6. The molecule has 2 aliphatic rings. The summed E-state index contributed by atoms with van der Waals surface area (Å²) in [6, 6.07) is 13.9. The molecule has 0 spiro atoms. The molecular formula is C45H46O10. The second-order valence-electron chi connectivity index (χ2n) is 15.0. The van der Waals surface area contributed by atoms with Crippen molar-refractivity contribution in [1.82, 2.24) is 0 Å². The molecule has 7 N–H and O–H groups in total. The van der Waals surface area contributed by atoms with Gasteiger partial charge in [0, 0.05) is 52.6 Å². The molecule has 1 aliphatic carbocycles. The van der Waals surface area contributed by atoms with Crippen LogP contribution in [0.1, 0.15) is 114 Å². The predicted octanol–water partition coefficient (Wildman–Crippen LogP) is 9.28. The van der Waals surface area contributed by atoms with Crippen LogP contribution in [0.15, 0.2) is 95.6 Å². The molecule has 1 heterocycles. The number of fused-ring (bicyclic) bond motifs is 1. The van der Waals surface area contributed by atoms with Crippen LogP contribution in [0.25, 0.3) is 0 Å². The number of aromatic hydroxyl groups is 7. The number of phenolic OH excluding ortho intramolecular Hbond substituents is 7. The van der Waals surface area contributed by atoms with E-state index in [2.05, 4.69) is 6.08 Å². The van der Waals surface area contributed by atoms with Gasteiger partial charge in [-0.15, -0.1) is 0 Å². The molecule has 10 heteroatoms. The van der Waals surface area contributed by atoms with Gasteiger partial charge in [-0.2, -0.15) is 0 Å². The fraction of sp³-hybridized carbons (Fsp3) is 0.289. The van der Waals surface area contributed by atoms with Crippen LogP contribution in [-0.4, -0.2) is 47.3 Å². The maximum Gasteiger partial charge on any atom is 0.174 e. The Bertz CT molecular complexity index is 2250. The zero-order valence-electron chi connectivity index (χ0n) is 31.2. The predicted molar refractivity (Wildman–Crippen MR) is 208 cm³/mol. The van der Waals surface area contributed by atoms with Gasteiger partial charge in [0.1, 0.15) is 57.7 Å². The lowest BCUT2D eigenvalue weighted by atomic mass is 9.64. The normalized spacial score (nSPS) is 19.1.